The highest BCUT2D eigenvalue weighted by atomic mass is 15.2. The first-order valence-corrected chi connectivity index (χ1v) is 7.81. The summed E-state index contributed by atoms with van der Waals surface area (Å²) in [7, 11) is 0. The fourth-order valence-electron chi connectivity index (χ4n) is 3.11. The smallest absolute Gasteiger partial charge is 0.0110 e. The SMILES string of the molecule is CC1(C)CCCN(CCN2CCCNCC2)CC1. The standard InChI is InChI=1S/C15H31N3/c1-15(2)5-3-9-17(11-6-15)13-14-18-10-4-7-16-8-12-18/h16H,3-14H2,1-2H3. The van der Waals surface area contributed by atoms with E-state index in [1.807, 2.05) is 0 Å². The number of nitrogens with one attached hydrogen (secondary N) is 1. The van der Waals surface area contributed by atoms with Gasteiger partial charge in [0.15, 0.2) is 0 Å². The van der Waals surface area contributed by atoms with Gasteiger partial charge in [0.1, 0.15) is 0 Å². The molecule has 2 saturated heterocycles. The van der Waals surface area contributed by atoms with Crippen LogP contribution in [0, 0.1) is 5.41 Å². The molecule has 0 aromatic rings. The van der Waals surface area contributed by atoms with Gasteiger partial charge in [0.25, 0.3) is 0 Å². The molecule has 0 aromatic heterocycles. The second-order valence-electron chi connectivity index (χ2n) is 6.80. The summed E-state index contributed by atoms with van der Waals surface area (Å²) in [5.74, 6) is 0. The van der Waals surface area contributed by atoms with Gasteiger partial charge in [-0.2, -0.15) is 0 Å². The van der Waals surface area contributed by atoms with E-state index in [0.29, 0.717) is 5.41 Å². The molecule has 0 saturated carbocycles. The van der Waals surface area contributed by atoms with E-state index in [1.165, 1.54) is 78.0 Å². The third kappa shape index (κ3) is 4.87. The summed E-state index contributed by atoms with van der Waals surface area (Å²) in [4.78, 5) is 5.32. The maximum Gasteiger partial charge on any atom is 0.0110 e. The van der Waals surface area contributed by atoms with Crippen LogP contribution >= 0.6 is 0 Å². The minimum atomic E-state index is 0.571. The van der Waals surface area contributed by atoms with Crippen molar-refractivity contribution in [2.45, 2.75) is 39.5 Å². The van der Waals surface area contributed by atoms with Gasteiger partial charge in [0.05, 0.1) is 0 Å². The van der Waals surface area contributed by atoms with Crippen molar-refractivity contribution >= 4 is 0 Å². The van der Waals surface area contributed by atoms with Crippen LogP contribution < -0.4 is 5.32 Å². The maximum absolute atomic E-state index is 3.48. The Hall–Kier alpha value is -0.120. The van der Waals surface area contributed by atoms with E-state index >= 15 is 0 Å². The van der Waals surface area contributed by atoms with Gasteiger partial charge in [-0.25, -0.2) is 0 Å². The predicted molar refractivity (Wildman–Crippen MR) is 78.0 cm³/mol. The number of hydrogen-bond donors (Lipinski definition) is 1. The lowest BCUT2D eigenvalue weighted by Gasteiger charge is -2.26. The van der Waals surface area contributed by atoms with Crippen molar-refractivity contribution in [1.29, 1.82) is 0 Å². The summed E-state index contributed by atoms with van der Waals surface area (Å²) < 4.78 is 0. The molecule has 0 radical (unpaired) electrons. The Morgan fingerprint density at radius 1 is 0.833 bits per heavy atom. The fourth-order valence-corrected chi connectivity index (χ4v) is 3.11. The van der Waals surface area contributed by atoms with Crippen molar-refractivity contribution in [3.63, 3.8) is 0 Å². The molecule has 0 aromatic carbocycles. The normalized spacial score (nSPS) is 27.7. The molecule has 18 heavy (non-hydrogen) atoms. The molecule has 3 nitrogen and oxygen atoms in total. The van der Waals surface area contributed by atoms with Crippen molar-refractivity contribution < 1.29 is 0 Å². The fraction of sp³-hybridized carbons (Fsp3) is 1.00. The van der Waals surface area contributed by atoms with Gasteiger partial charge in [-0.3, -0.25) is 0 Å². The summed E-state index contributed by atoms with van der Waals surface area (Å²) in [6, 6.07) is 0. The first-order valence-electron chi connectivity index (χ1n) is 7.81. The molecule has 2 fully saturated rings. The van der Waals surface area contributed by atoms with Gasteiger partial charge in [0, 0.05) is 26.2 Å². The molecular weight excluding hydrogens is 222 g/mol. The molecule has 2 aliphatic heterocycles. The second-order valence-corrected chi connectivity index (χ2v) is 6.80. The molecule has 2 heterocycles. The number of likely N-dealkylation sites (tertiary alicyclic amines) is 1. The van der Waals surface area contributed by atoms with Gasteiger partial charge in [-0.15, -0.1) is 0 Å². The van der Waals surface area contributed by atoms with Crippen LogP contribution in [0.5, 0.6) is 0 Å². The molecular formula is C15H31N3. The molecule has 0 atom stereocenters. The first kappa shape index (κ1) is 14.3. The molecule has 0 aliphatic carbocycles. The molecule has 1 N–H and O–H groups in total. The van der Waals surface area contributed by atoms with E-state index in [9.17, 15) is 0 Å². The Bertz CT molecular complexity index is 232. The number of rotatable bonds is 3. The molecule has 3 heteroatoms. The Kier molecular flexibility index (Phi) is 5.46. The molecule has 0 bridgehead atoms. The third-order valence-corrected chi connectivity index (χ3v) is 4.60. The highest BCUT2D eigenvalue weighted by Crippen LogP contribution is 2.29. The van der Waals surface area contributed by atoms with Gasteiger partial charge in [0.2, 0.25) is 0 Å². The lowest BCUT2D eigenvalue weighted by atomic mass is 9.85. The largest absolute Gasteiger partial charge is 0.315 e. The minimum absolute atomic E-state index is 0.571. The van der Waals surface area contributed by atoms with Crippen molar-refractivity contribution in [3.05, 3.63) is 0 Å². The highest BCUT2D eigenvalue weighted by Gasteiger charge is 2.23. The van der Waals surface area contributed by atoms with Crippen molar-refractivity contribution in [2.24, 2.45) is 5.41 Å². The van der Waals surface area contributed by atoms with E-state index < -0.39 is 0 Å². The van der Waals surface area contributed by atoms with Gasteiger partial charge in [-0.05, 0) is 57.3 Å². The molecule has 0 amide bonds. The van der Waals surface area contributed by atoms with Crippen LogP contribution in [-0.4, -0.2) is 62.2 Å². The monoisotopic (exact) mass is 253 g/mol. The van der Waals surface area contributed by atoms with Crippen molar-refractivity contribution in [3.8, 4) is 0 Å². The van der Waals surface area contributed by atoms with E-state index in [0.717, 1.165) is 0 Å². The third-order valence-electron chi connectivity index (χ3n) is 4.60. The second kappa shape index (κ2) is 6.88. The van der Waals surface area contributed by atoms with E-state index in [2.05, 4.69) is 29.0 Å². The molecule has 2 aliphatic rings. The Balaban J connectivity index is 1.69. The Labute approximate surface area is 113 Å². The van der Waals surface area contributed by atoms with Gasteiger partial charge >= 0.3 is 0 Å². The summed E-state index contributed by atoms with van der Waals surface area (Å²) in [5, 5.41) is 3.48. The van der Waals surface area contributed by atoms with Crippen molar-refractivity contribution in [1.82, 2.24) is 15.1 Å². The van der Waals surface area contributed by atoms with E-state index in [1.54, 1.807) is 0 Å². The topological polar surface area (TPSA) is 18.5 Å². The zero-order valence-electron chi connectivity index (χ0n) is 12.4. The Morgan fingerprint density at radius 3 is 2.39 bits per heavy atom. The van der Waals surface area contributed by atoms with Crippen LogP contribution in [0.2, 0.25) is 0 Å². The zero-order valence-corrected chi connectivity index (χ0v) is 12.4. The molecule has 106 valence electrons. The summed E-state index contributed by atoms with van der Waals surface area (Å²) in [6.07, 6.45) is 5.47. The van der Waals surface area contributed by atoms with E-state index in [4.69, 9.17) is 0 Å². The number of nitrogens with zero attached hydrogens (tertiary/aromatic N) is 2. The van der Waals surface area contributed by atoms with Crippen LogP contribution in [0.25, 0.3) is 0 Å². The van der Waals surface area contributed by atoms with Crippen molar-refractivity contribution in [2.75, 3.05) is 52.4 Å². The summed E-state index contributed by atoms with van der Waals surface area (Å²) in [5.41, 5.74) is 0.571. The predicted octanol–water partition coefficient (Wildman–Crippen LogP) is 1.79. The van der Waals surface area contributed by atoms with Crippen LogP contribution in [0.1, 0.15) is 39.5 Å². The molecule has 2 rings (SSSR count). The van der Waals surface area contributed by atoms with Gasteiger partial charge in [-0.1, -0.05) is 13.8 Å². The highest BCUT2D eigenvalue weighted by molar-refractivity contribution is 4.77. The molecule has 0 spiro atoms. The average Bonchev–Trinajstić information content (AvgIpc) is 2.67. The quantitative estimate of drug-likeness (QED) is 0.827. The molecule has 0 unspecified atom stereocenters. The van der Waals surface area contributed by atoms with Crippen LogP contribution in [0.4, 0.5) is 0 Å². The average molecular weight is 253 g/mol. The van der Waals surface area contributed by atoms with E-state index in [-0.39, 0.29) is 0 Å². The lowest BCUT2D eigenvalue weighted by molar-refractivity contribution is 0.208. The summed E-state index contributed by atoms with van der Waals surface area (Å²) >= 11 is 0. The summed E-state index contributed by atoms with van der Waals surface area (Å²) in [6.45, 7) is 14.9. The Morgan fingerprint density at radius 2 is 1.56 bits per heavy atom. The maximum atomic E-state index is 3.48. The van der Waals surface area contributed by atoms with Crippen LogP contribution in [-0.2, 0) is 0 Å². The number of hydrogen-bond acceptors (Lipinski definition) is 3. The zero-order chi connectivity index (χ0) is 12.8. The minimum Gasteiger partial charge on any atom is -0.315 e. The van der Waals surface area contributed by atoms with Crippen LogP contribution in [0.3, 0.4) is 0 Å². The van der Waals surface area contributed by atoms with Crippen LogP contribution in [0.15, 0.2) is 0 Å². The lowest BCUT2D eigenvalue weighted by Crippen LogP contribution is -2.37. The van der Waals surface area contributed by atoms with Gasteiger partial charge < -0.3 is 15.1 Å². The first-order chi connectivity index (χ1) is 8.66.